The molecule has 3 aromatic carbocycles. The Morgan fingerprint density at radius 1 is 0.806 bits per heavy atom. The molecule has 0 unspecified atom stereocenters. The van der Waals surface area contributed by atoms with Crippen LogP contribution < -0.4 is 0 Å². The Hall–Kier alpha value is -3.85. The van der Waals surface area contributed by atoms with E-state index in [1.54, 1.807) is 6.92 Å². The van der Waals surface area contributed by atoms with Gasteiger partial charge in [0.2, 0.25) is 0 Å². The van der Waals surface area contributed by atoms with Gasteiger partial charge in [0.05, 0.1) is 11.4 Å². The molecule has 0 atom stereocenters. The predicted octanol–water partition coefficient (Wildman–Crippen LogP) is 7.26. The fraction of sp³-hybridized carbons (Fsp3) is 0.107. The van der Waals surface area contributed by atoms with Gasteiger partial charge in [-0.3, -0.25) is 4.79 Å². The minimum atomic E-state index is 0.0457. The van der Waals surface area contributed by atoms with Gasteiger partial charge in [0.25, 0.3) is 0 Å². The molecule has 0 aliphatic heterocycles. The van der Waals surface area contributed by atoms with Crippen LogP contribution in [-0.4, -0.2) is 15.8 Å². The summed E-state index contributed by atoms with van der Waals surface area (Å²) >= 11 is 0. The van der Waals surface area contributed by atoms with E-state index in [1.165, 1.54) is 16.7 Å². The smallest absolute Gasteiger partial charge is 0.176 e. The number of fused-ring (bicyclic) bond motifs is 1. The molecular weight excluding hydrogens is 380 g/mol. The van der Waals surface area contributed by atoms with Crippen LogP contribution in [0.4, 0.5) is 0 Å². The minimum Gasteiger partial charge on any atom is -0.361 e. The maximum atomic E-state index is 12.6. The van der Waals surface area contributed by atoms with Gasteiger partial charge in [-0.15, -0.1) is 0 Å². The number of carbonyl (C=O) groups is 1. The van der Waals surface area contributed by atoms with Gasteiger partial charge < -0.3 is 9.97 Å². The normalized spacial score (nSPS) is 11.2. The number of benzene rings is 3. The summed E-state index contributed by atoms with van der Waals surface area (Å²) in [6, 6.07) is 27.2. The summed E-state index contributed by atoms with van der Waals surface area (Å²) < 4.78 is 0. The van der Waals surface area contributed by atoms with E-state index in [-0.39, 0.29) is 5.78 Å². The third kappa shape index (κ3) is 3.28. The van der Waals surface area contributed by atoms with Crippen molar-refractivity contribution in [2.24, 2.45) is 0 Å². The number of Topliss-reactive ketones (excluding diaryl/α,β-unsaturated/α-hetero) is 1. The van der Waals surface area contributed by atoms with Gasteiger partial charge in [-0.05, 0) is 40.8 Å². The molecule has 0 radical (unpaired) electrons. The molecule has 152 valence electrons. The Morgan fingerprint density at radius 3 is 2.23 bits per heavy atom. The average molecular weight is 405 g/mol. The number of H-pyrrole nitrogens is 2. The Morgan fingerprint density at radius 2 is 1.52 bits per heavy atom. The highest BCUT2D eigenvalue weighted by atomic mass is 16.1. The summed E-state index contributed by atoms with van der Waals surface area (Å²) in [5.74, 6) is 0.0457. The van der Waals surface area contributed by atoms with Gasteiger partial charge in [0, 0.05) is 35.2 Å². The van der Waals surface area contributed by atoms with E-state index in [0.717, 1.165) is 39.7 Å². The lowest BCUT2D eigenvalue weighted by Crippen LogP contribution is -1.96. The van der Waals surface area contributed by atoms with Crippen LogP contribution in [-0.2, 0) is 6.42 Å². The maximum Gasteiger partial charge on any atom is 0.176 e. The zero-order chi connectivity index (χ0) is 21.4. The second-order valence-electron chi connectivity index (χ2n) is 7.83. The van der Waals surface area contributed by atoms with E-state index in [2.05, 4.69) is 77.6 Å². The molecule has 0 spiro atoms. The molecule has 0 amide bonds. The van der Waals surface area contributed by atoms with Crippen LogP contribution in [0.25, 0.3) is 44.4 Å². The molecule has 2 N–H and O–H groups in total. The molecule has 0 bridgehead atoms. The monoisotopic (exact) mass is 404 g/mol. The number of rotatable bonds is 5. The zero-order valence-corrected chi connectivity index (χ0v) is 17.7. The van der Waals surface area contributed by atoms with Crippen molar-refractivity contribution in [3.05, 3.63) is 96.3 Å². The average Bonchev–Trinajstić information content (AvgIpc) is 3.44. The number of hydrogen-bond acceptors (Lipinski definition) is 1. The van der Waals surface area contributed by atoms with Gasteiger partial charge in [-0.2, -0.15) is 0 Å². The lowest BCUT2D eigenvalue weighted by atomic mass is 9.93. The lowest BCUT2D eigenvalue weighted by Gasteiger charge is -2.09. The van der Waals surface area contributed by atoms with Crippen molar-refractivity contribution in [2.45, 2.75) is 20.3 Å². The van der Waals surface area contributed by atoms with Crippen molar-refractivity contribution in [2.75, 3.05) is 0 Å². The van der Waals surface area contributed by atoms with Crippen LogP contribution >= 0.6 is 0 Å². The van der Waals surface area contributed by atoms with Gasteiger partial charge >= 0.3 is 0 Å². The largest absolute Gasteiger partial charge is 0.361 e. The first kappa shape index (κ1) is 19.1. The molecule has 0 saturated carbocycles. The highest BCUT2D eigenvalue weighted by molar-refractivity contribution is 6.04. The lowest BCUT2D eigenvalue weighted by molar-refractivity contribution is 0.101. The van der Waals surface area contributed by atoms with Gasteiger partial charge in [0.15, 0.2) is 5.78 Å². The second-order valence-corrected chi connectivity index (χ2v) is 7.83. The Bertz CT molecular complexity index is 1370. The van der Waals surface area contributed by atoms with Crippen molar-refractivity contribution in [3.8, 4) is 33.5 Å². The van der Waals surface area contributed by atoms with Crippen molar-refractivity contribution in [3.63, 3.8) is 0 Å². The van der Waals surface area contributed by atoms with Crippen molar-refractivity contribution in [1.82, 2.24) is 9.97 Å². The fourth-order valence-electron chi connectivity index (χ4n) is 4.47. The van der Waals surface area contributed by atoms with Crippen LogP contribution in [0, 0.1) is 0 Å². The molecule has 5 aromatic rings. The van der Waals surface area contributed by atoms with Crippen molar-refractivity contribution >= 4 is 16.7 Å². The van der Waals surface area contributed by atoms with Crippen molar-refractivity contribution in [1.29, 1.82) is 0 Å². The molecule has 3 heteroatoms. The number of aromatic nitrogens is 2. The third-order valence-corrected chi connectivity index (χ3v) is 5.95. The molecule has 0 saturated heterocycles. The number of hydrogen-bond donors (Lipinski definition) is 2. The van der Waals surface area contributed by atoms with E-state index in [1.807, 2.05) is 24.4 Å². The molecule has 2 heterocycles. The predicted molar refractivity (Wildman–Crippen MR) is 128 cm³/mol. The topological polar surface area (TPSA) is 48.6 Å². The Labute approximate surface area is 181 Å². The van der Waals surface area contributed by atoms with Crippen LogP contribution in [0.3, 0.4) is 0 Å². The van der Waals surface area contributed by atoms with Gasteiger partial charge in [0.1, 0.15) is 0 Å². The molecule has 2 aromatic heterocycles. The van der Waals surface area contributed by atoms with E-state index in [0.29, 0.717) is 5.69 Å². The van der Waals surface area contributed by atoms with Crippen LogP contribution in [0.1, 0.15) is 29.9 Å². The molecule has 0 aliphatic rings. The first-order chi connectivity index (χ1) is 15.2. The quantitative estimate of drug-likeness (QED) is 0.298. The minimum absolute atomic E-state index is 0.0457. The summed E-state index contributed by atoms with van der Waals surface area (Å²) in [5.41, 5.74) is 9.50. The molecule has 3 nitrogen and oxygen atoms in total. The number of ketones is 1. The van der Waals surface area contributed by atoms with Crippen LogP contribution in [0.15, 0.2) is 85.1 Å². The SMILES string of the molecule is CCc1c(-c2cccc3[nH]ccc23)[nH]c(C(C)=O)c1-c1ccc(-c2ccccc2)cc1. The van der Waals surface area contributed by atoms with Crippen molar-refractivity contribution < 1.29 is 4.79 Å². The van der Waals surface area contributed by atoms with E-state index >= 15 is 0 Å². The van der Waals surface area contributed by atoms with E-state index in [9.17, 15) is 4.79 Å². The summed E-state index contributed by atoms with van der Waals surface area (Å²) in [7, 11) is 0. The highest BCUT2D eigenvalue weighted by Crippen LogP contribution is 2.39. The van der Waals surface area contributed by atoms with Crippen LogP contribution in [0.2, 0.25) is 0 Å². The fourth-order valence-corrected chi connectivity index (χ4v) is 4.47. The molecular formula is C28H24N2O. The zero-order valence-electron chi connectivity index (χ0n) is 17.7. The summed E-state index contributed by atoms with van der Waals surface area (Å²) in [5, 5.41) is 1.15. The first-order valence-electron chi connectivity index (χ1n) is 10.7. The first-order valence-corrected chi connectivity index (χ1v) is 10.7. The van der Waals surface area contributed by atoms with Gasteiger partial charge in [-0.1, -0.05) is 73.7 Å². The maximum absolute atomic E-state index is 12.6. The van der Waals surface area contributed by atoms with E-state index in [4.69, 9.17) is 0 Å². The summed E-state index contributed by atoms with van der Waals surface area (Å²) in [6.07, 6.45) is 2.79. The molecule has 0 fully saturated rings. The number of carbonyl (C=O) groups excluding carboxylic acids is 1. The number of nitrogens with one attached hydrogen (secondary N) is 2. The van der Waals surface area contributed by atoms with Gasteiger partial charge in [-0.25, -0.2) is 0 Å². The Kier molecular flexibility index (Phi) is 4.79. The summed E-state index contributed by atoms with van der Waals surface area (Å²) in [4.78, 5) is 19.4. The highest BCUT2D eigenvalue weighted by Gasteiger charge is 2.22. The van der Waals surface area contributed by atoms with Crippen LogP contribution in [0.5, 0.6) is 0 Å². The standard InChI is InChI=1S/C28H24N2O/c1-3-22-26(21-14-12-20(13-15-21)19-8-5-4-6-9-19)27(18(2)31)30-28(22)24-10-7-11-25-23(24)16-17-29-25/h4-17,29-30H,3H2,1-2H3. The molecule has 0 aliphatic carbocycles. The molecule has 31 heavy (non-hydrogen) atoms. The Balaban J connectivity index is 1.69. The van der Waals surface area contributed by atoms with E-state index < -0.39 is 0 Å². The second kappa shape index (κ2) is 7.77. The number of aromatic amines is 2. The third-order valence-electron chi connectivity index (χ3n) is 5.95. The molecule has 5 rings (SSSR count). The summed E-state index contributed by atoms with van der Waals surface area (Å²) in [6.45, 7) is 3.78.